The second kappa shape index (κ2) is 8.40. The van der Waals surface area contributed by atoms with Crippen molar-refractivity contribution in [1.82, 2.24) is 10.2 Å². The zero-order valence-corrected chi connectivity index (χ0v) is 18.2. The maximum atomic E-state index is 13.6. The predicted octanol–water partition coefficient (Wildman–Crippen LogP) is 4.63. The monoisotopic (exact) mass is 455 g/mol. The van der Waals surface area contributed by atoms with E-state index < -0.39 is 12.0 Å². The zero-order chi connectivity index (χ0) is 23.8. The van der Waals surface area contributed by atoms with Gasteiger partial charge in [0.1, 0.15) is 5.69 Å². The number of amides is 1. The molecule has 2 heterocycles. The molecule has 3 aromatic carbocycles. The number of rotatable bonds is 6. The summed E-state index contributed by atoms with van der Waals surface area (Å²) in [5.41, 5.74) is 3.93. The average Bonchev–Trinajstić information content (AvgIpc) is 3.40. The van der Waals surface area contributed by atoms with Gasteiger partial charge >= 0.3 is 5.97 Å². The molecule has 1 atom stereocenters. The lowest BCUT2D eigenvalue weighted by atomic mass is 9.95. The van der Waals surface area contributed by atoms with E-state index in [1.54, 1.807) is 29.2 Å². The van der Waals surface area contributed by atoms with Crippen LogP contribution in [0.2, 0.25) is 0 Å². The second-order valence-electron chi connectivity index (χ2n) is 7.82. The minimum atomic E-state index is -1.04. The van der Waals surface area contributed by atoms with Gasteiger partial charge in [-0.1, -0.05) is 36.4 Å². The van der Waals surface area contributed by atoms with Crippen LogP contribution in [-0.2, 0) is 0 Å². The maximum absolute atomic E-state index is 13.6. The van der Waals surface area contributed by atoms with E-state index in [4.69, 9.17) is 4.74 Å². The number of ether oxygens (including phenoxy) is 1. The van der Waals surface area contributed by atoms with E-state index in [9.17, 15) is 19.8 Å². The van der Waals surface area contributed by atoms with Crippen LogP contribution >= 0.6 is 0 Å². The normalized spacial score (nSPS) is 14.8. The summed E-state index contributed by atoms with van der Waals surface area (Å²) >= 11 is 0. The molecule has 8 nitrogen and oxygen atoms in total. The molecule has 1 aliphatic heterocycles. The molecule has 8 heteroatoms. The number of carboxylic acids is 1. The Balaban J connectivity index is 1.70. The van der Waals surface area contributed by atoms with Crippen molar-refractivity contribution in [2.24, 2.45) is 0 Å². The van der Waals surface area contributed by atoms with E-state index in [1.165, 1.54) is 18.2 Å². The molecule has 1 aliphatic rings. The Kier molecular flexibility index (Phi) is 5.25. The first-order valence-corrected chi connectivity index (χ1v) is 10.8. The van der Waals surface area contributed by atoms with Gasteiger partial charge < -0.3 is 14.9 Å². The van der Waals surface area contributed by atoms with Gasteiger partial charge in [-0.15, -0.1) is 0 Å². The molecule has 0 radical (unpaired) electrons. The third-order valence-electron chi connectivity index (χ3n) is 5.81. The minimum absolute atomic E-state index is 0.00276. The van der Waals surface area contributed by atoms with Crippen LogP contribution in [0.5, 0.6) is 11.5 Å². The van der Waals surface area contributed by atoms with Crippen molar-refractivity contribution in [2.45, 2.75) is 13.0 Å². The van der Waals surface area contributed by atoms with Gasteiger partial charge in [0.25, 0.3) is 5.91 Å². The van der Waals surface area contributed by atoms with Gasteiger partial charge in [-0.05, 0) is 48.9 Å². The van der Waals surface area contributed by atoms with E-state index in [1.807, 2.05) is 37.3 Å². The lowest BCUT2D eigenvalue weighted by Crippen LogP contribution is -2.29. The van der Waals surface area contributed by atoms with Crippen LogP contribution in [0.4, 0.5) is 5.69 Å². The quantitative estimate of drug-likeness (QED) is 0.390. The van der Waals surface area contributed by atoms with Gasteiger partial charge in [0, 0.05) is 16.8 Å². The number of nitrogens with zero attached hydrogens (tertiary/aromatic N) is 2. The molecule has 0 fully saturated rings. The molecule has 0 saturated carbocycles. The van der Waals surface area contributed by atoms with E-state index in [0.717, 1.165) is 5.56 Å². The molecule has 5 rings (SSSR count). The number of carboxylic acid groups (broad SMARTS) is 1. The van der Waals surface area contributed by atoms with Crippen molar-refractivity contribution >= 4 is 17.6 Å². The molecule has 170 valence electrons. The standard InChI is InChI=1S/C26H21N3O5/c1-2-34-20-14-17(10-13-19(20)30)24-21-22(15-6-4-3-5-7-15)27-28-23(21)25(31)29(24)18-11-8-16(9-12-18)26(32)33/h3-14,24,30H,2H2,1H3,(H,27,28)(H,32,33)/t24-/m0/s1. The van der Waals surface area contributed by atoms with Gasteiger partial charge in [-0.3, -0.25) is 14.8 Å². The SMILES string of the molecule is CCOc1cc([C@H]2c3c(-c4ccccc4)n[nH]c3C(=O)N2c2ccc(C(=O)O)cc2)ccc1O. The third kappa shape index (κ3) is 3.45. The van der Waals surface area contributed by atoms with Gasteiger partial charge in [0.2, 0.25) is 0 Å². The summed E-state index contributed by atoms with van der Waals surface area (Å²) in [6.07, 6.45) is 0. The number of H-pyrrole nitrogens is 1. The number of nitrogens with one attached hydrogen (secondary N) is 1. The average molecular weight is 455 g/mol. The van der Waals surface area contributed by atoms with Crippen LogP contribution in [-0.4, -0.2) is 38.9 Å². The predicted molar refractivity (Wildman–Crippen MR) is 125 cm³/mol. The number of fused-ring (bicyclic) bond motifs is 1. The molecule has 0 spiro atoms. The number of hydrogen-bond acceptors (Lipinski definition) is 5. The highest BCUT2D eigenvalue weighted by atomic mass is 16.5. The lowest BCUT2D eigenvalue weighted by molar-refractivity contribution is 0.0696. The molecule has 0 bridgehead atoms. The van der Waals surface area contributed by atoms with Crippen LogP contribution in [0.3, 0.4) is 0 Å². The highest BCUT2D eigenvalue weighted by Crippen LogP contribution is 2.46. The van der Waals surface area contributed by atoms with Crippen LogP contribution < -0.4 is 9.64 Å². The van der Waals surface area contributed by atoms with Crippen molar-refractivity contribution in [3.63, 3.8) is 0 Å². The number of aromatic hydroxyl groups is 1. The summed E-state index contributed by atoms with van der Waals surface area (Å²) < 4.78 is 5.59. The Morgan fingerprint density at radius 2 is 1.82 bits per heavy atom. The molecule has 0 unspecified atom stereocenters. The van der Waals surface area contributed by atoms with Gasteiger partial charge in [-0.2, -0.15) is 5.10 Å². The molecule has 3 N–H and O–H groups in total. The fourth-order valence-electron chi connectivity index (χ4n) is 4.28. The second-order valence-corrected chi connectivity index (χ2v) is 7.82. The summed E-state index contributed by atoms with van der Waals surface area (Å²) in [6, 6.07) is 20.1. The fraction of sp³-hybridized carbons (Fsp3) is 0.115. The van der Waals surface area contributed by atoms with Crippen LogP contribution in [0.1, 0.15) is 44.9 Å². The van der Waals surface area contributed by atoms with Crippen LogP contribution in [0.25, 0.3) is 11.3 Å². The van der Waals surface area contributed by atoms with Crippen LogP contribution in [0.15, 0.2) is 72.8 Å². The van der Waals surface area contributed by atoms with E-state index in [-0.39, 0.29) is 17.2 Å². The number of aromatic nitrogens is 2. The molecule has 0 saturated heterocycles. The highest BCUT2D eigenvalue weighted by molar-refractivity contribution is 6.12. The number of aromatic carboxylic acids is 1. The molecule has 1 amide bonds. The number of carbonyl (C=O) groups excluding carboxylic acids is 1. The Morgan fingerprint density at radius 1 is 1.09 bits per heavy atom. The summed E-state index contributed by atoms with van der Waals surface area (Å²) in [4.78, 5) is 26.5. The largest absolute Gasteiger partial charge is 0.504 e. The third-order valence-corrected chi connectivity index (χ3v) is 5.81. The number of phenols is 1. The fourth-order valence-corrected chi connectivity index (χ4v) is 4.28. The first kappa shape index (κ1) is 21.3. The Bertz CT molecular complexity index is 1380. The summed E-state index contributed by atoms with van der Waals surface area (Å²) in [6.45, 7) is 2.19. The first-order valence-electron chi connectivity index (χ1n) is 10.8. The summed E-state index contributed by atoms with van der Waals surface area (Å²) in [5, 5.41) is 26.8. The van der Waals surface area contributed by atoms with Crippen molar-refractivity contribution in [3.05, 3.63) is 95.2 Å². The van der Waals surface area contributed by atoms with Crippen molar-refractivity contribution < 1.29 is 24.5 Å². The van der Waals surface area contributed by atoms with Gasteiger partial charge in [0.05, 0.1) is 23.9 Å². The topological polar surface area (TPSA) is 116 Å². The number of aromatic amines is 1. The number of phenolic OH excluding ortho intramolecular Hbond substituents is 1. The van der Waals surface area contributed by atoms with Crippen molar-refractivity contribution in [1.29, 1.82) is 0 Å². The minimum Gasteiger partial charge on any atom is -0.504 e. The molecule has 4 aromatic rings. The number of hydrogen-bond donors (Lipinski definition) is 3. The van der Waals surface area contributed by atoms with Crippen LogP contribution in [0, 0.1) is 0 Å². The Labute approximate surface area is 195 Å². The van der Waals surface area contributed by atoms with Gasteiger partial charge in [-0.25, -0.2) is 4.79 Å². The zero-order valence-electron chi connectivity index (χ0n) is 18.2. The smallest absolute Gasteiger partial charge is 0.335 e. The number of benzene rings is 3. The summed E-state index contributed by atoms with van der Waals surface area (Å²) in [7, 11) is 0. The molecular weight excluding hydrogens is 434 g/mol. The Morgan fingerprint density at radius 3 is 2.50 bits per heavy atom. The lowest BCUT2D eigenvalue weighted by Gasteiger charge is -2.27. The van der Waals surface area contributed by atoms with Crippen molar-refractivity contribution in [2.75, 3.05) is 11.5 Å². The number of carbonyl (C=O) groups is 2. The maximum Gasteiger partial charge on any atom is 0.335 e. The van der Waals surface area contributed by atoms with E-state index in [2.05, 4.69) is 10.2 Å². The number of anilines is 1. The highest BCUT2D eigenvalue weighted by Gasteiger charge is 2.43. The Hall–Kier alpha value is -4.59. The van der Waals surface area contributed by atoms with E-state index >= 15 is 0 Å². The molecular formula is C26H21N3O5. The van der Waals surface area contributed by atoms with Crippen molar-refractivity contribution in [3.8, 4) is 22.8 Å². The molecule has 0 aliphatic carbocycles. The summed E-state index contributed by atoms with van der Waals surface area (Å²) in [5.74, 6) is -1.02. The first-order chi connectivity index (χ1) is 16.5. The molecule has 1 aromatic heterocycles. The van der Waals surface area contributed by atoms with Gasteiger partial charge in [0.15, 0.2) is 11.5 Å². The van der Waals surface area contributed by atoms with E-state index in [0.29, 0.717) is 40.6 Å². The molecule has 34 heavy (non-hydrogen) atoms.